The molecular formula is C27H23N3O5. The lowest BCUT2D eigenvalue weighted by Gasteiger charge is -2.11. The van der Waals surface area contributed by atoms with E-state index in [4.69, 9.17) is 14.2 Å². The Hall–Kier alpha value is -4.72. The molecule has 1 amide bonds. The minimum atomic E-state index is -0.614. The number of aromatic nitrogens is 2. The van der Waals surface area contributed by atoms with Gasteiger partial charge >= 0.3 is 6.09 Å². The van der Waals surface area contributed by atoms with Crippen molar-refractivity contribution in [2.75, 3.05) is 19.5 Å². The molecule has 0 aliphatic heterocycles. The second-order valence-electron chi connectivity index (χ2n) is 7.95. The third kappa shape index (κ3) is 4.41. The molecule has 176 valence electrons. The van der Waals surface area contributed by atoms with Crippen molar-refractivity contribution in [3.63, 3.8) is 0 Å². The highest BCUT2D eigenvalue weighted by Crippen LogP contribution is 2.29. The Morgan fingerprint density at radius 2 is 1.71 bits per heavy atom. The van der Waals surface area contributed by atoms with Crippen LogP contribution < -0.4 is 20.3 Å². The maximum atomic E-state index is 12.9. The number of amides is 1. The van der Waals surface area contributed by atoms with Crippen molar-refractivity contribution in [2.45, 2.75) is 6.61 Å². The zero-order valence-electron chi connectivity index (χ0n) is 19.2. The van der Waals surface area contributed by atoms with Crippen LogP contribution >= 0.6 is 0 Å². The van der Waals surface area contributed by atoms with Gasteiger partial charge in [-0.25, -0.2) is 4.79 Å². The Balaban J connectivity index is 1.32. The van der Waals surface area contributed by atoms with Gasteiger partial charge in [0.2, 0.25) is 0 Å². The van der Waals surface area contributed by atoms with E-state index in [1.54, 1.807) is 44.6 Å². The van der Waals surface area contributed by atoms with Crippen molar-refractivity contribution >= 4 is 33.6 Å². The first kappa shape index (κ1) is 22.1. The van der Waals surface area contributed by atoms with Gasteiger partial charge in [0.25, 0.3) is 5.56 Å². The molecule has 0 fully saturated rings. The van der Waals surface area contributed by atoms with Gasteiger partial charge in [0.15, 0.2) is 11.5 Å². The Morgan fingerprint density at radius 3 is 2.54 bits per heavy atom. The number of hydrogen-bond donors (Lipinski definition) is 3. The van der Waals surface area contributed by atoms with Crippen LogP contribution in [-0.4, -0.2) is 30.3 Å². The number of anilines is 1. The summed E-state index contributed by atoms with van der Waals surface area (Å²) < 4.78 is 15.8. The smallest absolute Gasteiger partial charge is 0.411 e. The van der Waals surface area contributed by atoms with Crippen LogP contribution in [0.2, 0.25) is 0 Å². The van der Waals surface area contributed by atoms with Crippen LogP contribution in [0.15, 0.2) is 77.7 Å². The van der Waals surface area contributed by atoms with Crippen LogP contribution in [0.5, 0.6) is 11.5 Å². The lowest BCUT2D eigenvalue weighted by atomic mass is 10.0. The van der Waals surface area contributed by atoms with E-state index in [1.807, 2.05) is 42.6 Å². The quantitative estimate of drug-likeness (QED) is 0.307. The zero-order chi connectivity index (χ0) is 24.4. The largest absolute Gasteiger partial charge is 0.493 e. The number of rotatable bonds is 6. The maximum Gasteiger partial charge on any atom is 0.411 e. The number of para-hydroxylation sites is 1. The monoisotopic (exact) mass is 469 g/mol. The molecule has 3 aromatic carbocycles. The molecule has 2 heterocycles. The molecule has 2 aromatic heterocycles. The van der Waals surface area contributed by atoms with E-state index in [0.29, 0.717) is 28.3 Å². The average Bonchev–Trinajstić information content (AvgIpc) is 3.31. The molecule has 0 aliphatic carbocycles. The van der Waals surface area contributed by atoms with Crippen LogP contribution in [0.4, 0.5) is 10.5 Å². The first-order valence-corrected chi connectivity index (χ1v) is 10.9. The lowest BCUT2D eigenvalue weighted by molar-refractivity contribution is 0.155. The van der Waals surface area contributed by atoms with E-state index in [2.05, 4.69) is 15.3 Å². The highest BCUT2D eigenvalue weighted by Gasteiger charge is 2.12. The van der Waals surface area contributed by atoms with E-state index >= 15 is 0 Å². The van der Waals surface area contributed by atoms with Gasteiger partial charge in [-0.15, -0.1) is 0 Å². The van der Waals surface area contributed by atoms with Crippen LogP contribution in [0.1, 0.15) is 5.56 Å². The molecule has 35 heavy (non-hydrogen) atoms. The SMILES string of the molecule is COc1ccc(COC(=O)Nc2ccc3cc(-c4c[nH]c5ccccc45)c(=O)[nH]c3c2)cc1OC. The van der Waals surface area contributed by atoms with E-state index in [9.17, 15) is 9.59 Å². The summed E-state index contributed by atoms with van der Waals surface area (Å²) in [6, 6.07) is 20.3. The number of pyridine rings is 1. The number of nitrogens with one attached hydrogen (secondary N) is 3. The third-order valence-electron chi connectivity index (χ3n) is 5.79. The Morgan fingerprint density at radius 1 is 0.886 bits per heavy atom. The number of aromatic amines is 2. The number of methoxy groups -OCH3 is 2. The third-order valence-corrected chi connectivity index (χ3v) is 5.79. The second kappa shape index (κ2) is 9.26. The summed E-state index contributed by atoms with van der Waals surface area (Å²) in [4.78, 5) is 31.3. The molecular weight excluding hydrogens is 446 g/mol. The Kier molecular flexibility index (Phi) is 5.85. The van der Waals surface area contributed by atoms with Gasteiger partial charge in [-0.1, -0.05) is 30.3 Å². The van der Waals surface area contributed by atoms with E-state index in [-0.39, 0.29) is 12.2 Å². The topological polar surface area (TPSA) is 105 Å². The second-order valence-corrected chi connectivity index (χ2v) is 7.95. The molecule has 0 spiro atoms. The van der Waals surface area contributed by atoms with Crippen molar-refractivity contribution in [1.29, 1.82) is 0 Å². The van der Waals surface area contributed by atoms with Crippen LogP contribution in [0.25, 0.3) is 32.9 Å². The predicted octanol–water partition coefficient (Wildman–Crippen LogP) is 5.44. The normalized spacial score (nSPS) is 10.9. The van der Waals surface area contributed by atoms with Crippen molar-refractivity contribution < 1.29 is 19.0 Å². The summed E-state index contributed by atoms with van der Waals surface area (Å²) in [5, 5.41) is 4.52. The van der Waals surface area contributed by atoms with Crippen molar-refractivity contribution in [3.05, 3.63) is 88.8 Å². The maximum absolute atomic E-state index is 12.9. The number of benzene rings is 3. The molecule has 0 saturated heterocycles. The molecule has 0 bridgehead atoms. The number of H-pyrrole nitrogens is 2. The van der Waals surface area contributed by atoms with Crippen LogP contribution in [0.3, 0.4) is 0 Å². The fourth-order valence-electron chi connectivity index (χ4n) is 4.05. The van der Waals surface area contributed by atoms with Gasteiger partial charge in [-0.05, 0) is 47.3 Å². The molecule has 5 aromatic rings. The highest BCUT2D eigenvalue weighted by molar-refractivity contribution is 5.98. The number of hydrogen-bond acceptors (Lipinski definition) is 5. The highest BCUT2D eigenvalue weighted by atomic mass is 16.5. The van der Waals surface area contributed by atoms with E-state index in [0.717, 1.165) is 27.4 Å². The summed E-state index contributed by atoms with van der Waals surface area (Å²) in [5.41, 5.74) is 4.03. The van der Waals surface area contributed by atoms with Crippen LogP contribution in [0, 0.1) is 0 Å². The molecule has 8 nitrogen and oxygen atoms in total. The lowest BCUT2D eigenvalue weighted by Crippen LogP contribution is -2.14. The molecule has 0 radical (unpaired) electrons. The van der Waals surface area contributed by atoms with Gasteiger partial charge in [-0.2, -0.15) is 0 Å². The Bertz CT molecular complexity index is 1600. The van der Waals surface area contributed by atoms with Gasteiger partial charge in [0.1, 0.15) is 6.61 Å². The van der Waals surface area contributed by atoms with E-state index < -0.39 is 6.09 Å². The summed E-state index contributed by atoms with van der Waals surface area (Å²) in [5.74, 6) is 1.15. The molecule has 5 rings (SSSR count). The van der Waals surface area contributed by atoms with Crippen molar-refractivity contribution in [3.8, 4) is 22.6 Å². The first-order valence-electron chi connectivity index (χ1n) is 10.9. The molecule has 8 heteroatoms. The average molecular weight is 469 g/mol. The Labute approximate surface area is 200 Å². The van der Waals surface area contributed by atoms with Gasteiger partial charge in [0.05, 0.1) is 19.7 Å². The first-order chi connectivity index (χ1) is 17.1. The van der Waals surface area contributed by atoms with Crippen molar-refractivity contribution in [2.24, 2.45) is 0 Å². The standard InChI is InChI=1S/C27H23N3O5/c1-33-24-10-7-16(11-25(24)34-2)15-35-27(32)29-18-9-8-17-12-20(26(31)30-23(17)13-18)21-14-28-22-6-4-3-5-19(21)22/h3-14,28H,15H2,1-2H3,(H,29,32)(H,30,31). The minimum absolute atomic E-state index is 0.0601. The molecule has 0 saturated carbocycles. The zero-order valence-corrected chi connectivity index (χ0v) is 19.2. The summed E-state index contributed by atoms with van der Waals surface area (Å²) in [6.45, 7) is 0.0601. The predicted molar refractivity (Wildman–Crippen MR) is 135 cm³/mol. The minimum Gasteiger partial charge on any atom is -0.493 e. The fourth-order valence-corrected chi connectivity index (χ4v) is 4.05. The summed E-state index contributed by atoms with van der Waals surface area (Å²) in [7, 11) is 3.10. The van der Waals surface area contributed by atoms with Crippen molar-refractivity contribution in [1.82, 2.24) is 9.97 Å². The number of carbonyl (C=O) groups is 1. The molecule has 0 unspecified atom stereocenters. The van der Waals surface area contributed by atoms with Gasteiger partial charge in [0, 0.05) is 33.9 Å². The number of carbonyl (C=O) groups excluding carboxylic acids is 1. The van der Waals surface area contributed by atoms with Crippen LogP contribution in [-0.2, 0) is 11.3 Å². The molecule has 0 aliphatic rings. The summed E-state index contributed by atoms with van der Waals surface area (Å²) >= 11 is 0. The molecule has 0 atom stereocenters. The fraction of sp³-hybridized carbons (Fsp3) is 0.111. The van der Waals surface area contributed by atoms with Gasteiger partial charge in [-0.3, -0.25) is 10.1 Å². The number of ether oxygens (including phenoxy) is 3. The molecule has 3 N–H and O–H groups in total. The van der Waals surface area contributed by atoms with Gasteiger partial charge < -0.3 is 24.2 Å². The summed E-state index contributed by atoms with van der Waals surface area (Å²) in [6.07, 6.45) is 1.22. The van der Waals surface area contributed by atoms with E-state index in [1.165, 1.54) is 0 Å². The number of fused-ring (bicyclic) bond motifs is 2.